The summed E-state index contributed by atoms with van der Waals surface area (Å²) in [6, 6.07) is 18.3. The second-order valence-corrected chi connectivity index (χ2v) is 7.16. The number of aryl methyl sites for hydroxylation is 1. The van der Waals surface area contributed by atoms with Crippen LogP contribution < -0.4 is 11.1 Å². The van der Waals surface area contributed by atoms with Crippen molar-refractivity contribution >= 4 is 45.6 Å². The summed E-state index contributed by atoms with van der Waals surface area (Å²) in [6.45, 7) is 1.98. The summed E-state index contributed by atoms with van der Waals surface area (Å²) < 4.78 is 1.41. The third kappa shape index (κ3) is 3.00. The number of hydrogen-bond acceptors (Lipinski definition) is 4. The molecule has 4 rings (SSSR count). The first kappa shape index (κ1) is 17.1. The number of hydrogen-bond donors (Lipinski definition) is 2. The maximum Gasteiger partial charge on any atom is 0.274 e. The van der Waals surface area contributed by atoms with E-state index >= 15 is 0 Å². The lowest BCUT2D eigenvalue weighted by Gasteiger charge is -2.07. The molecule has 2 aromatic carbocycles. The van der Waals surface area contributed by atoms with E-state index in [0.29, 0.717) is 27.0 Å². The Morgan fingerprint density at radius 2 is 1.74 bits per heavy atom. The molecular formula is C21H17N3O2S. The molecule has 4 aromatic rings. The normalized spacial score (nSPS) is 10.9. The molecule has 0 aliphatic carbocycles. The molecule has 6 heteroatoms. The van der Waals surface area contributed by atoms with Gasteiger partial charge in [-0.15, -0.1) is 11.3 Å². The summed E-state index contributed by atoms with van der Waals surface area (Å²) in [5.41, 5.74) is 8.98. The van der Waals surface area contributed by atoms with Gasteiger partial charge in [0.15, 0.2) is 0 Å². The molecule has 0 aliphatic heterocycles. The van der Waals surface area contributed by atoms with E-state index in [1.807, 2.05) is 54.8 Å². The molecule has 0 atom stereocenters. The fourth-order valence-electron chi connectivity index (χ4n) is 3.06. The number of para-hydroxylation sites is 1. The zero-order chi connectivity index (χ0) is 19.0. The van der Waals surface area contributed by atoms with Gasteiger partial charge in [0.05, 0.1) is 16.0 Å². The highest BCUT2D eigenvalue weighted by Crippen LogP contribution is 2.30. The number of benzene rings is 2. The highest BCUT2D eigenvalue weighted by atomic mass is 32.1. The van der Waals surface area contributed by atoms with E-state index in [9.17, 15) is 9.59 Å². The van der Waals surface area contributed by atoms with Crippen molar-refractivity contribution in [2.45, 2.75) is 6.92 Å². The number of nitrogens with zero attached hydrogens (tertiary/aromatic N) is 1. The van der Waals surface area contributed by atoms with Gasteiger partial charge in [0, 0.05) is 11.1 Å². The summed E-state index contributed by atoms with van der Waals surface area (Å²) in [5, 5.41) is 5.34. The van der Waals surface area contributed by atoms with Crippen molar-refractivity contribution in [3.05, 3.63) is 82.0 Å². The Hall–Kier alpha value is -3.38. The molecule has 27 heavy (non-hydrogen) atoms. The third-order valence-corrected chi connectivity index (χ3v) is 5.24. The SMILES string of the molecule is Cc1ccc(NC(=O)c2c(N)n(C(=O)c3cccs3)c3ccccc23)cc1. The van der Waals surface area contributed by atoms with Gasteiger partial charge in [0.2, 0.25) is 0 Å². The van der Waals surface area contributed by atoms with E-state index < -0.39 is 0 Å². The second-order valence-electron chi connectivity index (χ2n) is 6.22. The number of carbonyl (C=O) groups is 2. The molecule has 5 nitrogen and oxygen atoms in total. The first-order valence-corrected chi connectivity index (χ1v) is 9.29. The fourth-order valence-corrected chi connectivity index (χ4v) is 3.71. The van der Waals surface area contributed by atoms with Crippen LogP contribution in [0.3, 0.4) is 0 Å². The molecule has 0 aliphatic rings. The van der Waals surface area contributed by atoms with Gasteiger partial charge in [-0.25, -0.2) is 0 Å². The number of thiophene rings is 1. The van der Waals surface area contributed by atoms with Crippen molar-refractivity contribution in [3.63, 3.8) is 0 Å². The Labute approximate surface area is 160 Å². The van der Waals surface area contributed by atoms with Crippen LogP contribution in [0.15, 0.2) is 66.0 Å². The van der Waals surface area contributed by atoms with Crippen LogP contribution in [-0.2, 0) is 0 Å². The summed E-state index contributed by atoms with van der Waals surface area (Å²) in [4.78, 5) is 26.4. The Morgan fingerprint density at radius 3 is 2.44 bits per heavy atom. The van der Waals surface area contributed by atoms with Crippen molar-refractivity contribution in [1.29, 1.82) is 0 Å². The largest absolute Gasteiger partial charge is 0.384 e. The van der Waals surface area contributed by atoms with Gasteiger partial charge in [-0.05, 0) is 36.6 Å². The van der Waals surface area contributed by atoms with E-state index in [4.69, 9.17) is 5.73 Å². The number of rotatable bonds is 3. The number of nitrogens with two attached hydrogens (primary N) is 1. The van der Waals surface area contributed by atoms with Crippen LogP contribution in [-0.4, -0.2) is 16.4 Å². The number of amides is 1. The van der Waals surface area contributed by atoms with Crippen LogP contribution in [0.25, 0.3) is 10.9 Å². The van der Waals surface area contributed by atoms with Crippen molar-refractivity contribution in [1.82, 2.24) is 4.57 Å². The van der Waals surface area contributed by atoms with Crippen molar-refractivity contribution in [2.24, 2.45) is 0 Å². The molecule has 2 aromatic heterocycles. The Kier molecular flexibility index (Phi) is 4.25. The lowest BCUT2D eigenvalue weighted by molar-refractivity contribution is 0.0971. The summed E-state index contributed by atoms with van der Waals surface area (Å²) in [7, 11) is 0. The highest BCUT2D eigenvalue weighted by molar-refractivity contribution is 7.12. The smallest absolute Gasteiger partial charge is 0.274 e. The molecule has 0 radical (unpaired) electrons. The Balaban J connectivity index is 1.81. The first-order valence-electron chi connectivity index (χ1n) is 8.41. The van der Waals surface area contributed by atoms with Gasteiger partial charge in [-0.3, -0.25) is 14.2 Å². The molecule has 0 spiro atoms. The van der Waals surface area contributed by atoms with Crippen LogP contribution in [0.2, 0.25) is 0 Å². The average Bonchev–Trinajstić information content (AvgIpc) is 3.29. The van der Waals surface area contributed by atoms with E-state index in [1.165, 1.54) is 15.9 Å². The maximum absolute atomic E-state index is 12.9. The van der Waals surface area contributed by atoms with Crippen molar-refractivity contribution < 1.29 is 9.59 Å². The number of carbonyl (C=O) groups excluding carboxylic acids is 2. The van der Waals surface area contributed by atoms with Gasteiger partial charge in [0.25, 0.3) is 11.8 Å². The number of nitrogens with one attached hydrogen (secondary N) is 1. The van der Waals surface area contributed by atoms with E-state index in [0.717, 1.165) is 5.56 Å². The Bertz CT molecular complexity index is 1140. The van der Waals surface area contributed by atoms with Crippen LogP contribution >= 0.6 is 11.3 Å². The zero-order valence-electron chi connectivity index (χ0n) is 14.6. The molecular weight excluding hydrogens is 358 g/mol. The zero-order valence-corrected chi connectivity index (χ0v) is 15.4. The topological polar surface area (TPSA) is 77.1 Å². The minimum absolute atomic E-state index is 0.138. The quantitative estimate of drug-likeness (QED) is 0.552. The molecule has 3 N–H and O–H groups in total. The molecule has 0 unspecified atom stereocenters. The fraction of sp³-hybridized carbons (Fsp3) is 0.0476. The van der Waals surface area contributed by atoms with E-state index in [-0.39, 0.29) is 17.6 Å². The predicted octanol–water partition coefficient (Wildman–Crippen LogP) is 4.53. The molecule has 1 amide bonds. The van der Waals surface area contributed by atoms with Gasteiger partial charge in [-0.1, -0.05) is 42.0 Å². The molecule has 0 bridgehead atoms. The maximum atomic E-state index is 12.9. The van der Waals surface area contributed by atoms with Gasteiger partial charge >= 0.3 is 0 Å². The predicted molar refractivity (Wildman–Crippen MR) is 110 cm³/mol. The molecule has 2 heterocycles. The highest BCUT2D eigenvalue weighted by Gasteiger charge is 2.25. The number of fused-ring (bicyclic) bond motifs is 1. The minimum Gasteiger partial charge on any atom is -0.384 e. The van der Waals surface area contributed by atoms with E-state index in [2.05, 4.69) is 5.32 Å². The summed E-state index contributed by atoms with van der Waals surface area (Å²) in [5.74, 6) is -0.447. The Morgan fingerprint density at radius 1 is 1.00 bits per heavy atom. The van der Waals surface area contributed by atoms with Crippen LogP contribution in [0, 0.1) is 6.92 Å². The van der Waals surface area contributed by atoms with Crippen molar-refractivity contribution in [3.8, 4) is 0 Å². The standard InChI is InChI=1S/C21H17N3O2S/c1-13-8-10-14(11-9-13)23-20(25)18-15-5-2-3-6-16(15)24(19(18)22)21(26)17-7-4-12-27-17/h2-12H,22H2,1H3,(H,23,25). The van der Waals surface area contributed by atoms with Crippen molar-refractivity contribution in [2.75, 3.05) is 11.1 Å². The van der Waals surface area contributed by atoms with Gasteiger partial charge in [0.1, 0.15) is 5.82 Å². The van der Waals surface area contributed by atoms with Crippen LogP contribution in [0.5, 0.6) is 0 Å². The lowest BCUT2D eigenvalue weighted by Crippen LogP contribution is -2.17. The third-order valence-electron chi connectivity index (χ3n) is 4.38. The first-order chi connectivity index (χ1) is 13.1. The van der Waals surface area contributed by atoms with Crippen LogP contribution in [0.4, 0.5) is 11.5 Å². The van der Waals surface area contributed by atoms with Gasteiger partial charge in [-0.2, -0.15) is 0 Å². The van der Waals surface area contributed by atoms with E-state index in [1.54, 1.807) is 18.2 Å². The molecule has 0 fully saturated rings. The molecule has 0 saturated carbocycles. The summed E-state index contributed by atoms with van der Waals surface area (Å²) in [6.07, 6.45) is 0. The number of aromatic nitrogens is 1. The number of nitrogen functional groups attached to an aromatic ring is 1. The average molecular weight is 375 g/mol. The monoisotopic (exact) mass is 375 g/mol. The minimum atomic E-state index is -0.342. The number of anilines is 2. The second kappa shape index (κ2) is 6.74. The lowest BCUT2D eigenvalue weighted by atomic mass is 10.1. The van der Waals surface area contributed by atoms with Gasteiger partial charge < -0.3 is 11.1 Å². The molecule has 134 valence electrons. The summed E-state index contributed by atoms with van der Waals surface area (Å²) >= 11 is 1.34. The van der Waals surface area contributed by atoms with Crippen LogP contribution in [0.1, 0.15) is 25.6 Å². The molecule has 0 saturated heterocycles.